The van der Waals surface area contributed by atoms with Crippen LogP contribution in [-0.2, 0) is 14.8 Å². The van der Waals surface area contributed by atoms with Crippen LogP contribution in [0.15, 0.2) is 23.1 Å². The van der Waals surface area contributed by atoms with Gasteiger partial charge in [0.15, 0.2) is 11.6 Å². The van der Waals surface area contributed by atoms with E-state index >= 15 is 0 Å². The van der Waals surface area contributed by atoms with Gasteiger partial charge in [-0.1, -0.05) is 0 Å². The van der Waals surface area contributed by atoms with Crippen LogP contribution in [-0.4, -0.2) is 34.3 Å². The molecule has 1 fully saturated rings. The third-order valence-electron chi connectivity index (χ3n) is 3.30. The first-order chi connectivity index (χ1) is 9.44. The maximum absolute atomic E-state index is 13.6. The summed E-state index contributed by atoms with van der Waals surface area (Å²) >= 11 is 0. The number of rotatable bonds is 5. The predicted molar refractivity (Wildman–Crippen MR) is 71.7 cm³/mol. The van der Waals surface area contributed by atoms with Gasteiger partial charge < -0.3 is 9.47 Å². The molecule has 0 unspecified atom stereocenters. The Kier molecular flexibility index (Phi) is 4.62. The van der Waals surface area contributed by atoms with Crippen molar-refractivity contribution in [2.75, 3.05) is 13.7 Å². The summed E-state index contributed by atoms with van der Waals surface area (Å²) in [4.78, 5) is -0.124. The van der Waals surface area contributed by atoms with E-state index in [4.69, 9.17) is 9.47 Å². The van der Waals surface area contributed by atoms with E-state index < -0.39 is 15.8 Å². The molecule has 2 atom stereocenters. The molecule has 1 aromatic rings. The number of ether oxygens (including phenoxy) is 2. The van der Waals surface area contributed by atoms with Gasteiger partial charge in [-0.15, -0.1) is 0 Å². The lowest BCUT2D eigenvalue weighted by molar-refractivity contribution is 0.0902. The molecule has 1 heterocycles. The minimum absolute atomic E-state index is 0.0103. The fraction of sp³-hybridized carbons (Fsp3) is 0.538. The number of hydrogen-bond acceptors (Lipinski definition) is 4. The average molecular weight is 303 g/mol. The van der Waals surface area contributed by atoms with Crippen molar-refractivity contribution in [3.63, 3.8) is 0 Å². The Hall–Kier alpha value is -1.18. The van der Waals surface area contributed by atoms with E-state index in [1.54, 1.807) is 6.92 Å². The predicted octanol–water partition coefficient (Wildman–Crippen LogP) is 1.68. The molecule has 0 aliphatic carbocycles. The van der Waals surface area contributed by atoms with Crippen molar-refractivity contribution in [3.05, 3.63) is 24.0 Å². The van der Waals surface area contributed by atoms with E-state index in [1.165, 1.54) is 19.2 Å². The lowest BCUT2D eigenvalue weighted by atomic mass is 10.1. The largest absolute Gasteiger partial charge is 0.494 e. The van der Waals surface area contributed by atoms with Crippen LogP contribution in [0.2, 0.25) is 0 Å². The summed E-state index contributed by atoms with van der Waals surface area (Å²) < 4.78 is 50.7. The van der Waals surface area contributed by atoms with Crippen LogP contribution >= 0.6 is 0 Å². The SMILES string of the molecule is COc1ccc(S(=O)(=O)N[C@@H](C)[C@@H]2CCCO2)cc1F. The van der Waals surface area contributed by atoms with Crippen molar-refractivity contribution in [1.29, 1.82) is 0 Å². The molecule has 1 N–H and O–H groups in total. The molecule has 20 heavy (non-hydrogen) atoms. The minimum atomic E-state index is -3.77. The number of halogens is 1. The maximum Gasteiger partial charge on any atom is 0.241 e. The molecule has 2 rings (SSSR count). The quantitative estimate of drug-likeness (QED) is 0.899. The van der Waals surface area contributed by atoms with Crippen molar-refractivity contribution >= 4 is 10.0 Å². The summed E-state index contributed by atoms with van der Waals surface area (Å²) in [6, 6.07) is 3.20. The molecule has 0 radical (unpaired) electrons. The van der Waals surface area contributed by atoms with Gasteiger partial charge in [-0.05, 0) is 38.0 Å². The Labute approximate surface area is 118 Å². The van der Waals surface area contributed by atoms with Crippen LogP contribution in [0.5, 0.6) is 5.75 Å². The van der Waals surface area contributed by atoms with Gasteiger partial charge in [-0.25, -0.2) is 17.5 Å². The number of nitrogens with one attached hydrogen (secondary N) is 1. The van der Waals surface area contributed by atoms with E-state index in [1.807, 2.05) is 0 Å². The Balaban J connectivity index is 2.15. The van der Waals surface area contributed by atoms with Gasteiger partial charge in [0, 0.05) is 12.6 Å². The maximum atomic E-state index is 13.6. The third-order valence-corrected chi connectivity index (χ3v) is 4.85. The first-order valence-electron chi connectivity index (χ1n) is 6.41. The van der Waals surface area contributed by atoms with E-state index in [9.17, 15) is 12.8 Å². The zero-order valence-electron chi connectivity index (χ0n) is 11.4. The fourth-order valence-electron chi connectivity index (χ4n) is 2.20. The highest BCUT2D eigenvalue weighted by Gasteiger charge is 2.27. The minimum Gasteiger partial charge on any atom is -0.494 e. The average Bonchev–Trinajstić information content (AvgIpc) is 2.92. The van der Waals surface area contributed by atoms with E-state index in [0.717, 1.165) is 18.9 Å². The molecule has 7 heteroatoms. The van der Waals surface area contributed by atoms with Gasteiger partial charge in [0.05, 0.1) is 18.1 Å². The molecule has 0 aromatic heterocycles. The highest BCUT2D eigenvalue weighted by Crippen LogP contribution is 2.22. The zero-order valence-corrected chi connectivity index (χ0v) is 12.2. The molecular weight excluding hydrogens is 285 g/mol. The van der Waals surface area contributed by atoms with Gasteiger partial charge >= 0.3 is 0 Å². The third kappa shape index (κ3) is 3.28. The van der Waals surface area contributed by atoms with Crippen molar-refractivity contribution in [2.45, 2.75) is 36.8 Å². The molecule has 0 bridgehead atoms. The molecule has 1 aromatic carbocycles. The van der Waals surface area contributed by atoms with Crippen molar-refractivity contribution in [3.8, 4) is 5.75 Å². The molecule has 0 amide bonds. The van der Waals surface area contributed by atoms with Gasteiger partial charge in [-0.2, -0.15) is 0 Å². The van der Waals surface area contributed by atoms with Crippen LogP contribution in [0.25, 0.3) is 0 Å². The summed E-state index contributed by atoms with van der Waals surface area (Å²) in [6.45, 7) is 2.39. The molecule has 5 nitrogen and oxygen atoms in total. The Morgan fingerprint density at radius 3 is 2.80 bits per heavy atom. The van der Waals surface area contributed by atoms with Crippen LogP contribution < -0.4 is 9.46 Å². The number of sulfonamides is 1. The lowest BCUT2D eigenvalue weighted by Crippen LogP contribution is -2.40. The highest BCUT2D eigenvalue weighted by atomic mass is 32.2. The molecule has 1 aliphatic rings. The van der Waals surface area contributed by atoms with Crippen molar-refractivity contribution in [1.82, 2.24) is 4.72 Å². The van der Waals surface area contributed by atoms with E-state index in [-0.39, 0.29) is 22.8 Å². The van der Waals surface area contributed by atoms with Gasteiger partial charge in [-0.3, -0.25) is 0 Å². The summed E-state index contributed by atoms with van der Waals surface area (Å²) in [5.74, 6) is -0.698. The van der Waals surface area contributed by atoms with Crippen molar-refractivity contribution < 1.29 is 22.3 Å². The second kappa shape index (κ2) is 6.07. The van der Waals surface area contributed by atoms with E-state index in [2.05, 4.69) is 4.72 Å². The van der Waals surface area contributed by atoms with Crippen LogP contribution in [0.1, 0.15) is 19.8 Å². The first-order valence-corrected chi connectivity index (χ1v) is 7.90. The van der Waals surface area contributed by atoms with Crippen LogP contribution in [0.4, 0.5) is 4.39 Å². The van der Waals surface area contributed by atoms with Crippen LogP contribution in [0, 0.1) is 5.82 Å². The van der Waals surface area contributed by atoms with Gasteiger partial charge in [0.25, 0.3) is 0 Å². The molecular formula is C13H18FNO4S. The molecule has 112 valence electrons. The Morgan fingerprint density at radius 1 is 1.50 bits per heavy atom. The zero-order chi connectivity index (χ0) is 14.8. The summed E-state index contributed by atoms with van der Waals surface area (Å²) in [5.41, 5.74) is 0. The van der Waals surface area contributed by atoms with Gasteiger partial charge in [0.2, 0.25) is 10.0 Å². The molecule has 0 saturated carbocycles. The molecule has 1 saturated heterocycles. The first kappa shape index (κ1) is 15.2. The molecule has 1 aliphatic heterocycles. The second-order valence-electron chi connectivity index (χ2n) is 4.76. The molecule has 0 spiro atoms. The van der Waals surface area contributed by atoms with E-state index in [0.29, 0.717) is 6.61 Å². The summed E-state index contributed by atoms with van der Waals surface area (Å²) in [6.07, 6.45) is 1.61. The van der Waals surface area contributed by atoms with Crippen molar-refractivity contribution in [2.24, 2.45) is 0 Å². The smallest absolute Gasteiger partial charge is 0.241 e. The number of hydrogen-bond donors (Lipinski definition) is 1. The van der Waals surface area contributed by atoms with Gasteiger partial charge in [0.1, 0.15) is 0 Å². The summed E-state index contributed by atoms with van der Waals surface area (Å²) in [7, 11) is -2.45. The number of benzene rings is 1. The lowest BCUT2D eigenvalue weighted by Gasteiger charge is -2.20. The normalized spacial score (nSPS) is 20.9. The fourth-order valence-corrected chi connectivity index (χ4v) is 3.48. The van der Waals surface area contributed by atoms with Crippen LogP contribution in [0.3, 0.4) is 0 Å². The topological polar surface area (TPSA) is 64.6 Å². The highest BCUT2D eigenvalue weighted by molar-refractivity contribution is 7.89. The summed E-state index contributed by atoms with van der Waals surface area (Å²) in [5, 5.41) is 0. The second-order valence-corrected chi connectivity index (χ2v) is 6.47. The number of methoxy groups -OCH3 is 1. The Morgan fingerprint density at radius 2 is 2.25 bits per heavy atom. The Bertz CT molecular complexity index is 570. The monoisotopic (exact) mass is 303 g/mol. The standard InChI is InChI=1S/C13H18FNO4S/c1-9(12-4-3-7-19-12)15-20(16,17)10-5-6-13(18-2)11(14)8-10/h5-6,8-9,12,15H,3-4,7H2,1-2H3/t9-,12-/m0/s1.